The van der Waals surface area contributed by atoms with Gasteiger partial charge in [-0.3, -0.25) is 9.91 Å². The first-order chi connectivity index (χ1) is 13.3. The number of morpholine rings is 1. The average Bonchev–Trinajstić information content (AvgIpc) is 2.96. The zero-order chi connectivity index (χ0) is 19.9. The zero-order valence-electron chi connectivity index (χ0n) is 15.6. The summed E-state index contributed by atoms with van der Waals surface area (Å²) in [5.41, 5.74) is 7.10. The number of hydrazine groups is 1. The predicted octanol–water partition coefficient (Wildman–Crippen LogP) is 1.43. The van der Waals surface area contributed by atoms with Crippen LogP contribution in [-0.4, -0.2) is 85.4 Å². The molecule has 1 aromatic rings. The number of halogens is 3. The molecule has 0 aliphatic carbocycles. The van der Waals surface area contributed by atoms with Crippen molar-refractivity contribution in [2.75, 3.05) is 52.2 Å². The van der Waals surface area contributed by atoms with Crippen LogP contribution < -0.4 is 5.73 Å². The van der Waals surface area contributed by atoms with E-state index in [-0.39, 0.29) is 12.1 Å². The number of hydrogen-bond donors (Lipinski definition) is 1. The number of alkyl halides is 3. The van der Waals surface area contributed by atoms with Gasteiger partial charge in [0.15, 0.2) is 5.84 Å². The largest absolute Gasteiger partial charge is 0.407 e. The van der Waals surface area contributed by atoms with Gasteiger partial charge in [-0.2, -0.15) is 13.2 Å². The second-order valence-corrected chi connectivity index (χ2v) is 7.23. The van der Waals surface area contributed by atoms with Crippen LogP contribution in [0.25, 0.3) is 0 Å². The molecule has 2 fully saturated rings. The Morgan fingerprint density at radius 1 is 1.18 bits per heavy atom. The molecule has 3 aliphatic rings. The summed E-state index contributed by atoms with van der Waals surface area (Å²) in [5.74, 6) is 0.631. The van der Waals surface area contributed by atoms with Crippen LogP contribution in [-0.2, 0) is 4.74 Å². The van der Waals surface area contributed by atoms with Crippen LogP contribution >= 0.6 is 0 Å². The average molecular weight is 396 g/mol. The van der Waals surface area contributed by atoms with Crippen LogP contribution in [0.3, 0.4) is 0 Å². The Bertz CT molecular complexity index is 773. The number of anilines is 1. The summed E-state index contributed by atoms with van der Waals surface area (Å²) >= 11 is 0. The highest BCUT2D eigenvalue weighted by Crippen LogP contribution is 2.32. The number of rotatable bonds is 3. The van der Waals surface area contributed by atoms with E-state index >= 15 is 0 Å². The molecule has 3 heterocycles. The molecule has 2 atom stereocenters. The Balaban J connectivity index is 1.72. The predicted molar refractivity (Wildman–Crippen MR) is 99.9 cm³/mol. The van der Waals surface area contributed by atoms with Crippen molar-refractivity contribution < 1.29 is 17.9 Å². The third-order valence-corrected chi connectivity index (χ3v) is 5.22. The van der Waals surface area contributed by atoms with Crippen LogP contribution in [0.1, 0.15) is 5.56 Å². The SMILES string of the molecule is CN1CC2C(=NC(c3ccc(N)cc3)=NC2N2CCOCC2)N1CC(F)(F)F. The lowest BCUT2D eigenvalue weighted by Gasteiger charge is -2.37. The van der Waals surface area contributed by atoms with Crippen LogP contribution in [0.15, 0.2) is 34.3 Å². The normalized spacial score (nSPS) is 26.8. The van der Waals surface area contributed by atoms with Gasteiger partial charge in [0.2, 0.25) is 0 Å². The Labute approximate surface area is 161 Å². The van der Waals surface area contributed by atoms with Gasteiger partial charge < -0.3 is 10.5 Å². The van der Waals surface area contributed by atoms with E-state index in [9.17, 15) is 13.2 Å². The van der Waals surface area contributed by atoms with E-state index in [0.717, 1.165) is 5.56 Å². The molecular formula is C18H23F3N6O. The van der Waals surface area contributed by atoms with Crippen LogP contribution in [0.4, 0.5) is 18.9 Å². The molecule has 0 amide bonds. The van der Waals surface area contributed by atoms with Crippen LogP contribution in [0, 0.1) is 5.92 Å². The van der Waals surface area contributed by atoms with Gasteiger partial charge in [0.05, 0.1) is 19.1 Å². The summed E-state index contributed by atoms with van der Waals surface area (Å²) in [6, 6.07) is 7.06. The van der Waals surface area contributed by atoms with E-state index in [1.807, 2.05) is 0 Å². The van der Waals surface area contributed by atoms with Crippen LogP contribution in [0.5, 0.6) is 0 Å². The highest BCUT2D eigenvalue weighted by atomic mass is 19.4. The van der Waals surface area contributed by atoms with Crippen LogP contribution in [0.2, 0.25) is 0 Å². The molecule has 4 rings (SSSR count). The van der Waals surface area contributed by atoms with E-state index < -0.39 is 12.7 Å². The standard InChI is InChI=1S/C18H23F3N6O/c1-25-10-14-16(26-6-8-28-9-7-26)23-15(12-2-4-13(22)5-3-12)24-17(14)27(25)11-18(19,20)21/h2-5,14,16H,6-11,22H2,1H3. The summed E-state index contributed by atoms with van der Waals surface area (Å²) in [7, 11) is 1.66. The first kappa shape index (κ1) is 19.2. The minimum Gasteiger partial charge on any atom is -0.399 e. The highest BCUT2D eigenvalue weighted by Gasteiger charge is 2.47. The maximum atomic E-state index is 13.2. The summed E-state index contributed by atoms with van der Waals surface area (Å²) in [4.78, 5) is 11.6. The lowest BCUT2D eigenvalue weighted by molar-refractivity contribution is -0.155. The third kappa shape index (κ3) is 3.85. The lowest BCUT2D eigenvalue weighted by Crippen LogP contribution is -2.51. The zero-order valence-corrected chi connectivity index (χ0v) is 15.6. The van der Waals surface area contributed by atoms with Gasteiger partial charge in [-0.05, 0) is 24.3 Å². The van der Waals surface area contributed by atoms with Gasteiger partial charge in [-0.25, -0.2) is 15.0 Å². The number of nitrogens with zero attached hydrogens (tertiary/aromatic N) is 5. The fraction of sp³-hybridized carbons (Fsp3) is 0.556. The van der Waals surface area contributed by atoms with Crippen molar-refractivity contribution in [2.24, 2.45) is 15.9 Å². The number of hydrogen-bond acceptors (Lipinski definition) is 7. The fourth-order valence-electron chi connectivity index (χ4n) is 3.87. The molecule has 28 heavy (non-hydrogen) atoms. The first-order valence-corrected chi connectivity index (χ1v) is 9.21. The van der Waals surface area contributed by atoms with Crippen molar-refractivity contribution in [2.45, 2.75) is 12.3 Å². The Kier molecular flexibility index (Phi) is 5.02. The molecule has 7 nitrogen and oxygen atoms in total. The van der Waals surface area contributed by atoms with Crippen molar-refractivity contribution in [3.8, 4) is 0 Å². The molecule has 0 spiro atoms. The number of benzene rings is 1. The minimum atomic E-state index is -4.32. The van der Waals surface area contributed by atoms with Crippen molar-refractivity contribution in [3.63, 3.8) is 0 Å². The smallest absolute Gasteiger partial charge is 0.399 e. The Morgan fingerprint density at radius 2 is 1.86 bits per heavy atom. The monoisotopic (exact) mass is 396 g/mol. The van der Waals surface area contributed by atoms with Gasteiger partial charge >= 0.3 is 6.18 Å². The molecule has 0 saturated carbocycles. The summed E-state index contributed by atoms with van der Waals surface area (Å²) in [5, 5.41) is 2.82. The number of ether oxygens (including phenoxy) is 1. The van der Waals surface area contributed by atoms with Crippen molar-refractivity contribution in [1.29, 1.82) is 0 Å². The van der Waals surface area contributed by atoms with Crippen molar-refractivity contribution in [1.82, 2.24) is 14.9 Å². The summed E-state index contributed by atoms with van der Waals surface area (Å²) in [6.07, 6.45) is -4.60. The molecule has 0 aromatic heterocycles. The van der Waals surface area contributed by atoms with E-state index in [1.165, 1.54) is 5.01 Å². The molecule has 1 aromatic carbocycles. The van der Waals surface area contributed by atoms with E-state index in [2.05, 4.69) is 9.89 Å². The van der Waals surface area contributed by atoms with E-state index in [1.54, 1.807) is 36.3 Å². The topological polar surface area (TPSA) is 69.7 Å². The summed E-state index contributed by atoms with van der Waals surface area (Å²) in [6.45, 7) is 1.93. The summed E-state index contributed by atoms with van der Waals surface area (Å²) < 4.78 is 44.9. The van der Waals surface area contributed by atoms with Gasteiger partial charge in [-0.1, -0.05) is 0 Å². The highest BCUT2D eigenvalue weighted by molar-refractivity contribution is 6.09. The molecule has 0 bridgehead atoms. The molecule has 152 valence electrons. The van der Waals surface area contributed by atoms with E-state index in [4.69, 9.17) is 15.5 Å². The van der Waals surface area contributed by atoms with Gasteiger partial charge in [0, 0.05) is 37.9 Å². The Hall–Kier alpha value is -2.17. The number of fused-ring (bicyclic) bond motifs is 1. The minimum absolute atomic E-state index is 0.219. The quantitative estimate of drug-likeness (QED) is 0.783. The maximum Gasteiger partial charge on any atom is 0.407 e. The lowest BCUT2D eigenvalue weighted by atomic mass is 10.0. The second kappa shape index (κ2) is 7.34. The number of amidine groups is 2. The fourth-order valence-corrected chi connectivity index (χ4v) is 3.87. The molecule has 0 radical (unpaired) electrons. The maximum absolute atomic E-state index is 13.2. The second-order valence-electron chi connectivity index (χ2n) is 7.23. The van der Waals surface area contributed by atoms with Gasteiger partial charge in [0.1, 0.15) is 18.5 Å². The van der Waals surface area contributed by atoms with Crippen molar-refractivity contribution in [3.05, 3.63) is 29.8 Å². The van der Waals surface area contributed by atoms with Gasteiger partial charge in [0.25, 0.3) is 0 Å². The van der Waals surface area contributed by atoms with E-state index in [0.29, 0.717) is 50.2 Å². The van der Waals surface area contributed by atoms with Crippen molar-refractivity contribution >= 4 is 17.4 Å². The number of aliphatic imine (C=N–C) groups is 2. The number of nitrogens with two attached hydrogens (primary N) is 1. The van der Waals surface area contributed by atoms with Gasteiger partial charge in [-0.15, -0.1) is 0 Å². The molecule has 2 saturated heterocycles. The first-order valence-electron chi connectivity index (χ1n) is 9.21. The molecule has 10 heteroatoms. The third-order valence-electron chi connectivity index (χ3n) is 5.22. The molecule has 2 unspecified atom stereocenters. The Morgan fingerprint density at radius 3 is 2.50 bits per heavy atom. The number of nitrogen functional groups attached to an aromatic ring is 1. The molecule has 3 aliphatic heterocycles. The molecule has 2 N–H and O–H groups in total. The molecular weight excluding hydrogens is 373 g/mol.